The molecule has 2 aliphatic rings. The van der Waals surface area contributed by atoms with E-state index in [1.807, 2.05) is 18.3 Å². The van der Waals surface area contributed by atoms with Crippen LogP contribution in [0.15, 0.2) is 30.5 Å². The normalized spacial score (nSPS) is 24.4. The largest absolute Gasteiger partial charge is 0.490 e. The number of likely N-dealkylation sites (N-methyl/N-ethyl adjacent to an activating group) is 2. The van der Waals surface area contributed by atoms with Crippen LogP contribution in [0.25, 0.3) is 10.8 Å². The number of benzene rings is 1. The molecule has 2 saturated heterocycles. The van der Waals surface area contributed by atoms with Crippen LogP contribution in [-0.4, -0.2) is 67.3 Å². The fourth-order valence-electron chi connectivity index (χ4n) is 4.11. The first-order valence-electron chi connectivity index (χ1n) is 9.76. The molecule has 3 heterocycles. The number of nitrogens with zero attached hydrogens (tertiary/aromatic N) is 3. The van der Waals surface area contributed by atoms with E-state index in [1.54, 1.807) is 0 Å². The van der Waals surface area contributed by atoms with E-state index in [0.717, 1.165) is 36.2 Å². The van der Waals surface area contributed by atoms with Gasteiger partial charge >= 0.3 is 0 Å². The van der Waals surface area contributed by atoms with E-state index in [1.165, 1.54) is 25.7 Å². The minimum absolute atomic E-state index is 0.490. The number of likely N-dealkylation sites (tertiary alicyclic amines) is 2. The third-order valence-electron chi connectivity index (χ3n) is 5.91. The Morgan fingerprint density at radius 1 is 0.923 bits per heavy atom. The van der Waals surface area contributed by atoms with E-state index >= 15 is 0 Å². The van der Waals surface area contributed by atoms with Crippen LogP contribution < -0.4 is 9.47 Å². The van der Waals surface area contributed by atoms with Crippen molar-refractivity contribution in [1.29, 1.82) is 0 Å². The van der Waals surface area contributed by atoms with Crippen molar-refractivity contribution in [1.82, 2.24) is 14.8 Å². The first kappa shape index (κ1) is 17.6. The van der Waals surface area contributed by atoms with Crippen LogP contribution in [0.4, 0.5) is 0 Å². The molecule has 2 fully saturated rings. The fourth-order valence-corrected chi connectivity index (χ4v) is 4.11. The predicted molar refractivity (Wildman–Crippen MR) is 104 cm³/mol. The van der Waals surface area contributed by atoms with Gasteiger partial charge in [0.1, 0.15) is 19.0 Å². The predicted octanol–water partition coefficient (Wildman–Crippen LogP) is 3.18. The van der Waals surface area contributed by atoms with Crippen LogP contribution >= 0.6 is 0 Å². The lowest BCUT2D eigenvalue weighted by molar-refractivity contribution is 0.192. The highest BCUT2D eigenvalue weighted by Crippen LogP contribution is 2.32. The van der Waals surface area contributed by atoms with Gasteiger partial charge in [0, 0.05) is 22.9 Å². The Hall–Kier alpha value is -1.85. The second-order valence-electron chi connectivity index (χ2n) is 7.65. The summed E-state index contributed by atoms with van der Waals surface area (Å²) in [5, 5.41) is 2.11. The van der Waals surface area contributed by atoms with E-state index < -0.39 is 0 Å². The summed E-state index contributed by atoms with van der Waals surface area (Å²) in [6.07, 6.45) is 6.74. The molecule has 2 aliphatic heterocycles. The molecule has 0 N–H and O–H groups in total. The average molecular weight is 355 g/mol. The van der Waals surface area contributed by atoms with Crippen molar-refractivity contribution in [2.45, 2.75) is 37.8 Å². The second kappa shape index (κ2) is 7.80. The first-order chi connectivity index (χ1) is 12.7. The van der Waals surface area contributed by atoms with Crippen LogP contribution in [0.1, 0.15) is 25.7 Å². The summed E-state index contributed by atoms with van der Waals surface area (Å²) in [6.45, 7) is 3.73. The molecule has 0 saturated carbocycles. The first-order valence-corrected chi connectivity index (χ1v) is 9.76. The van der Waals surface area contributed by atoms with Gasteiger partial charge in [-0.2, -0.15) is 0 Å². The zero-order valence-electron chi connectivity index (χ0n) is 15.9. The van der Waals surface area contributed by atoms with E-state index in [4.69, 9.17) is 9.47 Å². The van der Waals surface area contributed by atoms with Gasteiger partial charge in [0.15, 0.2) is 0 Å². The Morgan fingerprint density at radius 2 is 1.54 bits per heavy atom. The molecule has 1 aromatic carbocycles. The van der Waals surface area contributed by atoms with E-state index in [9.17, 15) is 0 Å². The number of pyridine rings is 1. The summed E-state index contributed by atoms with van der Waals surface area (Å²) < 4.78 is 12.3. The molecule has 140 valence electrons. The third kappa shape index (κ3) is 3.64. The van der Waals surface area contributed by atoms with Crippen LogP contribution in [0.2, 0.25) is 0 Å². The van der Waals surface area contributed by atoms with Gasteiger partial charge in [-0.05, 0) is 58.9 Å². The highest BCUT2D eigenvalue weighted by molar-refractivity contribution is 5.91. The number of rotatable bonds is 6. The molecule has 0 unspecified atom stereocenters. The minimum atomic E-state index is 0.490. The summed E-state index contributed by atoms with van der Waals surface area (Å²) in [5.74, 6) is 1.57. The van der Waals surface area contributed by atoms with E-state index in [-0.39, 0.29) is 0 Å². The number of hydrogen-bond acceptors (Lipinski definition) is 5. The molecule has 0 amide bonds. The van der Waals surface area contributed by atoms with Gasteiger partial charge in [-0.1, -0.05) is 18.2 Å². The maximum Gasteiger partial charge on any atom is 0.221 e. The SMILES string of the molecule is CN1CCC[C@H]1COc1cnc(OC[C@@H]2CCCN2C)c2ccccc12. The summed E-state index contributed by atoms with van der Waals surface area (Å²) in [5.41, 5.74) is 0. The Balaban J connectivity index is 1.49. The van der Waals surface area contributed by atoms with E-state index in [0.29, 0.717) is 24.6 Å². The standard InChI is InChI=1S/C21H29N3O2/c1-23-11-5-7-16(23)14-25-20-13-22-21(19-10-4-3-9-18(19)20)26-15-17-8-6-12-24(17)2/h3-4,9-10,13,16-17H,5-8,11-12,14-15H2,1-2H3/t16-,17-/m0/s1. The van der Waals surface area contributed by atoms with Crippen molar-refractivity contribution in [3.05, 3.63) is 30.5 Å². The molecule has 0 bridgehead atoms. The lowest BCUT2D eigenvalue weighted by Gasteiger charge is -2.21. The van der Waals surface area contributed by atoms with Crippen LogP contribution in [-0.2, 0) is 0 Å². The molecule has 5 nitrogen and oxygen atoms in total. The van der Waals surface area contributed by atoms with Crippen molar-refractivity contribution in [2.24, 2.45) is 0 Å². The molecule has 0 spiro atoms. The van der Waals surface area contributed by atoms with Crippen molar-refractivity contribution in [3.63, 3.8) is 0 Å². The van der Waals surface area contributed by atoms with Crippen LogP contribution in [0, 0.1) is 0 Å². The number of fused-ring (bicyclic) bond motifs is 1. The van der Waals surface area contributed by atoms with Gasteiger partial charge in [0.2, 0.25) is 5.88 Å². The molecule has 26 heavy (non-hydrogen) atoms. The third-order valence-corrected chi connectivity index (χ3v) is 5.91. The highest BCUT2D eigenvalue weighted by Gasteiger charge is 2.23. The second-order valence-corrected chi connectivity index (χ2v) is 7.65. The van der Waals surface area contributed by atoms with Crippen molar-refractivity contribution in [3.8, 4) is 11.6 Å². The zero-order valence-corrected chi connectivity index (χ0v) is 15.9. The maximum absolute atomic E-state index is 6.16. The lowest BCUT2D eigenvalue weighted by Crippen LogP contribution is -2.31. The van der Waals surface area contributed by atoms with Gasteiger partial charge < -0.3 is 19.3 Å². The fraction of sp³-hybridized carbons (Fsp3) is 0.571. The Kier molecular flexibility index (Phi) is 5.27. The van der Waals surface area contributed by atoms with Gasteiger partial charge in [0.25, 0.3) is 0 Å². The molecule has 5 heteroatoms. The molecule has 0 aliphatic carbocycles. The molecular weight excluding hydrogens is 326 g/mol. The number of ether oxygens (including phenoxy) is 2. The topological polar surface area (TPSA) is 37.8 Å². The Bertz CT molecular complexity index is 689. The van der Waals surface area contributed by atoms with E-state index in [2.05, 4.69) is 41.0 Å². The monoisotopic (exact) mass is 355 g/mol. The van der Waals surface area contributed by atoms with Gasteiger partial charge in [-0.3, -0.25) is 0 Å². The van der Waals surface area contributed by atoms with Gasteiger partial charge in [-0.25, -0.2) is 4.98 Å². The molecule has 4 rings (SSSR count). The number of aromatic nitrogens is 1. The maximum atomic E-state index is 6.16. The number of hydrogen-bond donors (Lipinski definition) is 0. The minimum Gasteiger partial charge on any atom is -0.490 e. The van der Waals surface area contributed by atoms with Crippen molar-refractivity contribution < 1.29 is 9.47 Å². The van der Waals surface area contributed by atoms with Crippen LogP contribution in [0.5, 0.6) is 11.6 Å². The molecular formula is C21H29N3O2. The lowest BCUT2D eigenvalue weighted by atomic mass is 10.1. The Labute approximate surface area is 155 Å². The van der Waals surface area contributed by atoms with Crippen molar-refractivity contribution >= 4 is 10.8 Å². The molecule has 1 aromatic heterocycles. The smallest absolute Gasteiger partial charge is 0.221 e. The van der Waals surface area contributed by atoms with Crippen LogP contribution in [0.3, 0.4) is 0 Å². The van der Waals surface area contributed by atoms with Gasteiger partial charge in [0.05, 0.1) is 6.20 Å². The zero-order chi connectivity index (χ0) is 17.9. The molecule has 0 radical (unpaired) electrons. The Morgan fingerprint density at radius 3 is 2.15 bits per heavy atom. The average Bonchev–Trinajstić information content (AvgIpc) is 3.26. The molecule has 2 atom stereocenters. The summed E-state index contributed by atoms with van der Waals surface area (Å²) in [7, 11) is 4.35. The highest BCUT2D eigenvalue weighted by atomic mass is 16.5. The molecule has 2 aromatic rings. The summed E-state index contributed by atoms with van der Waals surface area (Å²) >= 11 is 0. The summed E-state index contributed by atoms with van der Waals surface area (Å²) in [6, 6.07) is 9.24. The quantitative estimate of drug-likeness (QED) is 0.796. The summed E-state index contributed by atoms with van der Waals surface area (Å²) in [4.78, 5) is 9.33. The van der Waals surface area contributed by atoms with Gasteiger partial charge in [-0.15, -0.1) is 0 Å². The van der Waals surface area contributed by atoms with Crippen molar-refractivity contribution in [2.75, 3.05) is 40.4 Å².